The first kappa shape index (κ1) is 23.6. The molecule has 1 heterocycles. The van der Waals surface area contributed by atoms with Crippen molar-refractivity contribution in [2.45, 2.75) is 6.92 Å². The number of hydrogen-bond acceptors (Lipinski definition) is 6. The van der Waals surface area contributed by atoms with E-state index in [1.807, 2.05) is 55.5 Å². The summed E-state index contributed by atoms with van der Waals surface area (Å²) in [4.78, 5) is 30.8. The number of amides is 2. The molecule has 35 heavy (non-hydrogen) atoms. The van der Waals surface area contributed by atoms with E-state index in [1.165, 1.54) is 27.4 Å². The van der Waals surface area contributed by atoms with Crippen molar-refractivity contribution in [2.24, 2.45) is 0 Å². The fraction of sp³-hybridized carbons (Fsp3) is 0.148. The minimum absolute atomic E-state index is 0.172. The van der Waals surface area contributed by atoms with Crippen molar-refractivity contribution in [2.75, 3.05) is 21.3 Å². The minimum atomic E-state index is -0.576. The first-order valence-electron chi connectivity index (χ1n) is 10.8. The highest BCUT2D eigenvalue weighted by Gasteiger charge is 2.22. The average molecular weight is 472 g/mol. The zero-order chi connectivity index (χ0) is 24.9. The van der Waals surface area contributed by atoms with Gasteiger partial charge in [0.2, 0.25) is 5.75 Å². The smallest absolute Gasteiger partial charge is 0.273 e. The second kappa shape index (κ2) is 10.1. The summed E-state index contributed by atoms with van der Waals surface area (Å²) in [6.45, 7) is 2.01. The lowest BCUT2D eigenvalue weighted by Crippen LogP contribution is -2.41. The topological polar surface area (TPSA) is 98.8 Å². The maximum Gasteiger partial charge on any atom is 0.273 e. The summed E-state index contributed by atoms with van der Waals surface area (Å²) in [7, 11) is 4.35. The van der Waals surface area contributed by atoms with Crippen LogP contribution < -0.4 is 25.1 Å². The highest BCUT2D eigenvalue weighted by molar-refractivity contribution is 6.08. The van der Waals surface area contributed by atoms with Crippen molar-refractivity contribution < 1.29 is 23.8 Å². The molecule has 0 spiro atoms. The Kier molecular flexibility index (Phi) is 6.82. The van der Waals surface area contributed by atoms with Crippen LogP contribution in [0.2, 0.25) is 0 Å². The third-order valence-electron chi connectivity index (χ3n) is 5.55. The molecule has 3 aromatic carbocycles. The normalized spacial score (nSPS) is 10.5. The molecule has 0 bridgehead atoms. The molecule has 0 atom stereocenters. The summed E-state index contributed by atoms with van der Waals surface area (Å²) >= 11 is 0. The van der Waals surface area contributed by atoms with Gasteiger partial charge in [-0.2, -0.15) is 0 Å². The SMILES string of the molecule is COc1ccc(C(=O)NNC(=O)c2cc(-c3ccc(C)cc3)nc3ccccc23)c(OC)c1OC. The van der Waals surface area contributed by atoms with Gasteiger partial charge in [-0.1, -0.05) is 48.0 Å². The van der Waals surface area contributed by atoms with Gasteiger partial charge >= 0.3 is 0 Å². The summed E-state index contributed by atoms with van der Waals surface area (Å²) in [6.07, 6.45) is 0. The molecule has 4 rings (SSSR count). The van der Waals surface area contributed by atoms with Crippen LogP contribution in [-0.4, -0.2) is 38.1 Å². The minimum Gasteiger partial charge on any atom is -0.493 e. The van der Waals surface area contributed by atoms with Crippen LogP contribution in [0.15, 0.2) is 66.7 Å². The lowest BCUT2D eigenvalue weighted by Gasteiger charge is -2.16. The fourth-order valence-electron chi connectivity index (χ4n) is 3.76. The number of nitrogens with zero attached hydrogens (tertiary/aromatic N) is 1. The third-order valence-corrected chi connectivity index (χ3v) is 5.55. The average Bonchev–Trinajstić information content (AvgIpc) is 2.90. The molecule has 0 fully saturated rings. The van der Waals surface area contributed by atoms with Crippen LogP contribution in [-0.2, 0) is 0 Å². The number of benzene rings is 3. The van der Waals surface area contributed by atoms with Crippen molar-refractivity contribution in [3.8, 4) is 28.5 Å². The van der Waals surface area contributed by atoms with E-state index in [1.54, 1.807) is 12.1 Å². The Morgan fingerprint density at radius 3 is 2.06 bits per heavy atom. The van der Waals surface area contributed by atoms with Gasteiger partial charge in [-0.05, 0) is 31.2 Å². The molecule has 0 radical (unpaired) electrons. The van der Waals surface area contributed by atoms with Gasteiger partial charge in [0, 0.05) is 10.9 Å². The summed E-state index contributed by atoms with van der Waals surface area (Å²) in [5.74, 6) is -0.179. The standard InChI is InChI=1S/C27H25N3O5/c1-16-9-11-17(12-10-16)22-15-20(18-7-5-6-8-21(18)28-22)27(32)30-29-26(31)19-13-14-23(33-2)25(35-4)24(19)34-3/h5-15H,1-4H3,(H,29,31)(H,30,32). The Hall–Kier alpha value is -4.59. The van der Waals surface area contributed by atoms with Gasteiger partial charge in [0.25, 0.3) is 11.8 Å². The summed E-state index contributed by atoms with van der Waals surface area (Å²) < 4.78 is 15.9. The van der Waals surface area contributed by atoms with Gasteiger partial charge in [0.05, 0.1) is 43.7 Å². The molecule has 0 aliphatic heterocycles. The Bertz CT molecular complexity index is 1400. The third kappa shape index (κ3) is 4.72. The van der Waals surface area contributed by atoms with E-state index in [0.29, 0.717) is 27.9 Å². The van der Waals surface area contributed by atoms with E-state index in [9.17, 15) is 9.59 Å². The zero-order valence-electron chi connectivity index (χ0n) is 19.8. The maximum absolute atomic E-state index is 13.2. The van der Waals surface area contributed by atoms with Crippen molar-refractivity contribution in [3.63, 3.8) is 0 Å². The van der Waals surface area contributed by atoms with Crippen LogP contribution in [0.3, 0.4) is 0 Å². The van der Waals surface area contributed by atoms with E-state index in [2.05, 4.69) is 10.9 Å². The highest BCUT2D eigenvalue weighted by Crippen LogP contribution is 2.39. The Balaban J connectivity index is 1.63. The monoisotopic (exact) mass is 471 g/mol. The molecule has 2 amide bonds. The molecular weight excluding hydrogens is 446 g/mol. The molecule has 0 saturated heterocycles. The number of nitrogens with one attached hydrogen (secondary N) is 2. The van der Waals surface area contributed by atoms with Gasteiger partial charge in [-0.15, -0.1) is 0 Å². The first-order chi connectivity index (χ1) is 17.0. The number of ether oxygens (including phenoxy) is 3. The van der Waals surface area contributed by atoms with E-state index >= 15 is 0 Å². The lowest BCUT2D eigenvalue weighted by atomic mass is 10.0. The van der Waals surface area contributed by atoms with Crippen LogP contribution in [0.4, 0.5) is 0 Å². The summed E-state index contributed by atoms with van der Waals surface area (Å²) in [5.41, 5.74) is 8.84. The van der Waals surface area contributed by atoms with Gasteiger partial charge < -0.3 is 14.2 Å². The molecule has 0 aliphatic rings. The van der Waals surface area contributed by atoms with Crippen LogP contribution in [0.25, 0.3) is 22.2 Å². The van der Waals surface area contributed by atoms with Crippen molar-refractivity contribution in [1.82, 2.24) is 15.8 Å². The van der Waals surface area contributed by atoms with Gasteiger partial charge in [-0.3, -0.25) is 20.4 Å². The maximum atomic E-state index is 13.2. The van der Waals surface area contributed by atoms with E-state index < -0.39 is 11.8 Å². The molecule has 8 heteroatoms. The molecule has 0 aliphatic carbocycles. The number of hydrazine groups is 1. The highest BCUT2D eigenvalue weighted by atomic mass is 16.5. The summed E-state index contributed by atoms with van der Waals surface area (Å²) in [6, 6.07) is 20.1. The molecule has 1 aromatic heterocycles. The van der Waals surface area contributed by atoms with Crippen molar-refractivity contribution in [1.29, 1.82) is 0 Å². The lowest BCUT2D eigenvalue weighted by molar-refractivity contribution is 0.0845. The number of fused-ring (bicyclic) bond motifs is 1. The molecule has 4 aromatic rings. The van der Waals surface area contributed by atoms with Gasteiger partial charge in [0.1, 0.15) is 0 Å². The summed E-state index contributed by atoms with van der Waals surface area (Å²) in [5, 5.41) is 0.666. The molecule has 2 N–H and O–H groups in total. The predicted octanol–water partition coefficient (Wildman–Crippen LogP) is 4.31. The Morgan fingerprint density at radius 2 is 1.40 bits per heavy atom. The number of rotatable bonds is 6. The van der Waals surface area contributed by atoms with Crippen LogP contribution in [0, 0.1) is 6.92 Å². The number of carbonyl (C=O) groups excluding carboxylic acids is 2. The fourth-order valence-corrected chi connectivity index (χ4v) is 3.76. The first-order valence-corrected chi connectivity index (χ1v) is 10.8. The largest absolute Gasteiger partial charge is 0.493 e. The van der Waals surface area contributed by atoms with Crippen LogP contribution >= 0.6 is 0 Å². The molecule has 8 nitrogen and oxygen atoms in total. The Morgan fingerprint density at radius 1 is 0.743 bits per heavy atom. The number of hydrogen-bond donors (Lipinski definition) is 2. The number of carbonyl (C=O) groups is 2. The number of para-hydroxylation sites is 1. The Labute approximate surface area is 202 Å². The number of pyridine rings is 1. The molecular formula is C27H25N3O5. The quantitative estimate of drug-likeness (QED) is 0.407. The number of methoxy groups -OCH3 is 3. The van der Waals surface area contributed by atoms with Crippen LogP contribution in [0.1, 0.15) is 26.3 Å². The van der Waals surface area contributed by atoms with Crippen LogP contribution in [0.5, 0.6) is 17.2 Å². The van der Waals surface area contributed by atoms with Gasteiger partial charge in [0.15, 0.2) is 11.5 Å². The van der Waals surface area contributed by atoms with E-state index in [4.69, 9.17) is 19.2 Å². The van der Waals surface area contributed by atoms with Gasteiger partial charge in [-0.25, -0.2) is 4.98 Å². The van der Waals surface area contributed by atoms with E-state index in [0.717, 1.165) is 11.1 Å². The number of aromatic nitrogens is 1. The zero-order valence-corrected chi connectivity index (χ0v) is 19.8. The molecule has 0 saturated carbocycles. The number of aryl methyl sites for hydroxylation is 1. The second-order valence-corrected chi connectivity index (χ2v) is 7.73. The van der Waals surface area contributed by atoms with Crippen molar-refractivity contribution >= 4 is 22.7 Å². The molecule has 178 valence electrons. The van der Waals surface area contributed by atoms with E-state index in [-0.39, 0.29) is 17.1 Å². The predicted molar refractivity (Wildman–Crippen MR) is 133 cm³/mol. The second-order valence-electron chi connectivity index (χ2n) is 7.73. The van der Waals surface area contributed by atoms with Crippen molar-refractivity contribution in [3.05, 3.63) is 83.4 Å². The molecule has 0 unspecified atom stereocenters.